The summed E-state index contributed by atoms with van der Waals surface area (Å²) in [5, 5.41) is 9.67. The second kappa shape index (κ2) is 6.15. The van der Waals surface area contributed by atoms with Crippen molar-refractivity contribution in [3.63, 3.8) is 0 Å². The van der Waals surface area contributed by atoms with Crippen LogP contribution in [0.1, 0.15) is 31.4 Å². The van der Waals surface area contributed by atoms with E-state index in [-0.39, 0.29) is 0 Å². The zero-order valence-electron chi connectivity index (χ0n) is 11.1. The van der Waals surface area contributed by atoms with Crippen molar-refractivity contribution in [1.82, 2.24) is 4.90 Å². The van der Waals surface area contributed by atoms with Gasteiger partial charge in [0.25, 0.3) is 0 Å². The molecular formula is C14H24N2O. The summed E-state index contributed by atoms with van der Waals surface area (Å²) < 4.78 is 0. The molecule has 0 aliphatic carbocycles. The Morgan fingerprint density at radius 2 is 1.94 bits per heavy atom. The van der Waals surface area contributed by atoms with Crippen molar-refractivity contribution in [3.05, 3.63) is 35.4 Å². The molecule has 1 rings (SSSR count). The van der Waals surface area contributed by atoms with E-state index in [0.717, 1.165) is 19.5 Å². The lowest BCUT2D eigenvalue weighted by molar-refractivity contribution is 0.0599. The van der Waals surface area contributed by atoms with Gasteiger partial charge < -0.3 is 15.7 Å². The summed E-state index contributed by atoms with van der Waals surface area (Å²) >= 11 is 0. The van der Waals surface area contributed by atoms with Gasteiger partial charge in [-0.1, -0.05) is 24.3 Å². The van der Waals surface area contributed by atoms with E-state index in [2.05, 4.69) is 24.1 Å². The third kappa shape index (κ3) is 5.82. The van der Waals surface area contributed by atoms with E-state index in [1.807, 2.05) is 26.0 Å². The minimum atomic E-state index is -0.590. The maximum atomic E-state index is 9.67. The van der Waals surface area contributed by atoms with Crippen molar-refractivity contribution in [3.8, 4) is 0 Å². The lowest BCUT2D eigenvalue weighted by atomic mass is 10.1. The molecule has 0 fully saturated rings. The summed E-state index contributed by atoms with van der Waals surface area (Å²) in [7, 11) is 2.07. The fraction of sp³-hybridized carbons (Fsp3) is 0.571. The molecule has 3 heteroatoms. The molecule has 0 saturated heterocycles. The minimum absolute atomic E-state index is 0.585. The molecule has 0 spiro atoms. The molecular weight excluding hydrogens is 212 g/mol. The molecule has 0 radical (unpaired) electrons. The monoisotopic (exact) mass is 236 g/mol. The second-order valence-corrected chi connectivity index (χ2v) is 5.32. The van der Waals surface area contributed by atoms with Gasteiger partial charge in [-0.3, -0.25) is 0 Å². The zero-order valence-corrected chi connectivity index (χ0v) is 11.1. The molecule has 17 heavy (non-hydrogen) atoms. The zero-order chi connectivity index (χ0) is 12.9. The van der Waals surface area contributed by atoms with Gasteiger partial charge in [-0.05, 0) is 38.4 Å². The smallest absolute Gasteiger partial charge is 0.0603 e. The molecule has 1 aromatic carbocycles. The summed E-state index contributed by atoms with van der Waals surface area (Å²) in [5.41, 5.74) is 7.46. The van der Waals surface area contributed by atoms with E-state index in [0.29, 0.717) is 6.54 Å². The number of nitrogens with zero attached hydrogens (tertiary/aromatic N) is 1. The highest BCUT2D eigenvalue weighted by atomic mass is 16.3. The van der Waals surface area contributed by atoms with Crippen LogP contribution in [0.25, 0.3) is 0 Å². The van der Waals surface area contributed by atoms with E-state index in [1.54, 1.807) is 0 Å². The Hall–Kier alpha value is -0.900. The predicted molar refractivity (Wildman–Crippen MR) is 71.6 cm³/mol. The molecule has 3 nitrogen and oxygen atoms in total. The van der Waals surface area contributed by atoms with Crippen LogP contribution in [0, 0.1) is 0 Å². The normalized spacial score (nSPS) is 12.1. The van der Waals surface area contributed by atoms with Crippen LogP contribution < -0.4 is 5.73 Å². The van der Waals surface area contributed by atoms with E-state index >= 15 is 0 Å². The van der Waals surface area contributed by atoms with Gasteiger partial charge >= 0.3 is 0 Å². The van der Waals surface area contributed by atoms with Gasteiger partial charge in [0.2, 0.25) is 0 Å². The van der Waals surface area contributed by atoms with E-state index in [4.69, 9.17) is 5.73 Å². The number of benzene rings is 1. The fourth-order valence-corrected chi connectivity index (χ4v) is 1.71. The average Bonchev–Trinajstić information content (AvgIpc) is 2.26. The summed E-state index contributed by atoms with van der Waals surface area (Å²) in [5.74, 6) is 0. The molecule has 3 N–H and O–H groups in total. The molecule has 0 aromatic heterocycles. The van der Waals surface area contributed by atoms with Crippen molar-refractivity contribution in [2.75, 3.05) is 13.6 Å². The molecule has 0 heterocycles. The number of nitrogens with two attached hydrogens (primary N) is 1. The summed E-state index contributed by atoms with van der Waals surface area (Å²) in [6.07, 6.45) is 0.778. The highest BCUT2D eigenvalue weighted by Gasteiger charge is 2.13. The standard InChI is InChI=1S/C14H24N2O/c1-14(2,17)7-8-16(3)11-13-6-4-5-12(9-13)10-15/h4-6,9,17H,7-8,10-11,15H2,1-3H3. The topological polar surface area (TPSA) is 49.5 Å². The van der Waals surface area contributed by atoms with Crippen LogP contribution in [0.5, 0.6) is 0 Å². The van der Waals surface area contributed by atoms with Gasteiger partial charge in [0, 0.05) is 19.6 Å². The largest absolute Gasteiger partial charge is 0.390 e. The van der Waals surface area contributed by atoms with Gasteiger partial charge in [-0.25, -0.2) is 0 Å². The highest BCUT2D eigenvalue weighted by Crippen LogP contribution is 2.11. The third-order valence-corrected chi connectivity index (χ3v) is 2.78. The van der Waals surface area contributed by atoms with Gasteiger partial charge in [-0.15, -0.1) is 0 Å². The van der Waals surface area contributed by atoms with E-state index in [9.17, 15) is 5.11 Å². The Balaban J connectivity index is 2.47. The number of hydrogen-bond acceptors (Lipinski definition) is 3. The van der Waals surface area contributed by atoms with Gasteiger partial charge in [-0.2, -0.15) is 0 Å². The van der Waals surface area contributed by atoms with Gasteiger partial charge in [0.1, 0.15) is 0 Å². The minimum Gasteiger partial charge on any atom is -0.390 e. The molecule has 0 aliphatic rings. The number of hydrogen-bond donors (Lipinski definition) is 2. The lowest BCUT2D eigenvalue weighted by Gasteiger charge is -2.22. The van der Waals surface area contributed by atoms with E-state index in [1.165, 1.54) is 11.1 Å². The Kier molecular flexibility index (Phi) is 5.12. The van der Waals surface area contributed by atoms with Crippen LogP contribution in [0.3, 0.4) is 0 Å². The van der Waals surface area contributed by atoms with Crippen LogP contribution in [-0.2, 0) is 13.1 Å². The summed E-state index contributed by atoms with van der Waals surface area (Å²) in [4.78, 5) is 2.22. The predicted octanol–water partition coefficient (Wildman–Crippen LogP) is 1.74. The third-order valence-electron chi connectivity index (χ3n) is 2.78. The highest BCUT2D eigenvalue weighted by molar-refractivity contribution is 5.23. The molecule has 0 bridgehead atoms. The summed E-state index contributed by atoms with van der Waals surface area (Å²) in [6, 6.07) is 8.34. The molecule has 96 valence electrons. The molecule has 0 atom stereocenters. The Labute approximate surface area is 104 Å². The van der Waals surface area contributed by atoms with Crippen molar-refractivity contribution >= 4 is 0 Å². The Bertz CT molecular complexity index is 344. The van der Waals surface area contributed by atoms with Crippen molar-refractivity contribution in [2.45, 2.75) is 39.0 Å². The van der Waals surface area contributed by atoms with E-state index < -0.39 is 5.60 Å². The van der Waals surface area contributed by atoms with Crippen molar-refractivity contribution in [1.29, 1.82) is 0 Å². The Morgan fingerprint density at radius 3 is 2.53 bits per heavy atom. The van der Waals surface area contributed by atoms with Gasteiger partial charge in [0.15, 0.2) is 0 Å². The Morgan fingerprint density at radius 1 is 1.29 bits per heavy atom. The molecule has 0 saturated carbocycles. The van der Waals surface area contributed by atoms with Gasteiger partial charge in [0.05, 0.1) is 5.60 Å². The maximum absolute atomic E-state index is 9.67. The first-order valence-electron chi connectivity index (χ1n) is 6.09. The molecule has 0 aliphatic heterocycles. The van der Waals surface area contributed by atoms with Crippen LogP contribution in [0.2, 0.25) is 0 Å². The van der Waals surface area contributed by atoms with Crippen LogP contribution in [0.4, 0.5) is 0 Å². The molecule has 0 unspecified atom stereocenters. The lowest BCUT2D eigenvalue weighted by Crippen LogP contribution is -2.28. The first-order valence-corrected chi connectivity index (χ1v) is 6.09. The van der Waals surface area contributed by atoms with Crippen LogP contribution in [0.15, 0.2) is 24.3 Å². The molecule has 0 amide bonds. The number of aliphatic hydroxyl groups is 1. The second-order valence-electron chi connectivity index (χ2n) is 5.32. The first kappa shape index (κ1) is 14.2. The fourth-order valence-electron chi connectivity index (χ4n) is 1.71. The molecule has 1 aromatic rings. The quantitative estimate of drug-likeness (QED) is 0.791. The van der Waals surface area contributed by atoms with Crippen molar-refractivity contribution < 1.29 is 5.11 Å². The summed E-state index contributed by atoms with van der Waals surface area (Å²) in [6.45, 7) is 6.05. The SMILES string of the molecule is CN(CCC(C)(C)O)Cc1cccc(CN)c1. The van der Waals surface area contributed by atoms with Crippen LogP contribution >= 0.6 is 0 Å². The average molecular weight is 236 g/mol. The first-order chi connectivity index (χ1) is 7.90. The maximum Gasteiger partial charge on any atom is 0.0603 e. The van der Waals surface area contributed by atoms with Crippen LogP contribution in [-0.4, -0.2) is 29.2 Å². The van der Waals surface area contributed by atoms with Crippen molar-refractivity contribution in [2.24, 2.45) is 5.73 Å². The number of rotatable bonds is 6.